The van der Waals surface area contributed by atoms with Crippen molar-refractivity contribution in [2.75, 3.05) is 26.2 Å². The molecular formula is C15H28N2O2. The maximum absolute atomic E-state index is 11.5. The maximum Gasteiger partial charge on any atom is 0.319 e. The van der Waals surface area contributed by atoms with Crippen molar-refractivity contribution in [3.63, 3.8) is 0 Å². The standard InChI is InChI=1S/C15H28N2O2/c1-4-19-14(18)8-16-15-12-6-5-7-13(15)10-17(9-12)11(2)3/h11-13,15-16H,4-10H2,1-3H3. The highest BCUT2D eigenvalue weighted by atomic mass is 16.5. The number of carbonyl (C=O) groups is 1. The molecule has 1 saturated heterocycles. The molecule has 0 spiro atoms. The molecule has 110 valence electrons. The minimum atomic E-state index is -0.119. The third-order valence-corrected chi connectivity index (χ3v) is 4.62. The molecule has 1 aliphatic heterocycles. The fourth-order valence-corrected chi connectivity index (χ4v) is 3.64. The van der Waals surface area contributed by atoms with Crippen molar-refractivity contribution in [2.24, 2.45) is 11.8 Å². The molecule has 19 heavy (non-hydrogen) atoms. The van der Waals surface area contributed by atoms with Crippen LogP contribution in [0, 0.1) is 11.8 Å². The van der Waals surface area contributed by atoms with Gasteiger partial charge in [0.2, 0.25) is 0 Å². The van der Waals surface area contributed by atoms with Crippen molar-refractivity contribution in [1.82, 2.24) is 10.2 Å². The molecule has 2 bridgehead atoms. The van der Waals surface area contributed by atoms with E-state index in [2.05, 4.69) is 24.1 Å². The van der Waals surface area contributed by atoms with E-state index in [9.17, 15) is 4.79 Å². The van der Waals surface area contributed by atoms with Crippen LogP contribution in [0.4, 0.5) is 0 Å². The topological polar surface area (TPSA) is 41.6 Å². The number of esters is 1. The summed E-state index contributed by atoms with van der Waals surface area (Å²) in [6.07, 6.45) is 3.93. The first-order valence-electron chi connectivity index (χ1n) is 7.74. The minimum Gasteiger partial charge on any atom is -0.465 e. The van der Waals surface area contributed by atoms with Crippen LogP contribution < -0.4 is 5.32 Å². The van der Waals surface area contributed by atoms with Gasteiger partial charge in [-0.05, 0) is 45.4 Å². The van der Waals surface area contributed by atoms with Gasteiger partial charge in [-0.25, -0.2) is 0 Å². The Hall–Kier alpha value is -0.610. The Balaban J connectivity index is 1.89. The summed E-state index contributed by atoms with van der Waals surface area (Å²) in [6, 6.07) is 1.14. The molecule has 1 N–H and O–H groups in total. The Bertz CT molecular complexity index is 293. The number of fused-ring (bicyclic) bond motifs is 2. The molecule has 0 aromatic heterocycles. The SMILES string of the molecule is CCOC(=O)CNC1C2CCCC1CN(C(C)C)C2. The average molecular weight is 268 g/mol. The summed E-state index contributed by atoms with van der Waals surface area (Å²) >= 11 is 0. The van der Waals surface area contributed by atoms with E-state index < -0.39 is 0 Å². The summed E-state index contributed by atoms with van der Waals surface area (Å²) in [5, 5.41) is 3.47. The molecule has 2 rings (SSSR count). The van der Waals surface area contributed by atoms with E-state index in [0.29, 0.717) is 37.1 Å². The van der Waals surface area contributed by atoms with E-state index in [-0.39, 0.29) is 5.97 Å². The second-order valence-electron chi connectivity index (χ2n) is 6.21. The van der Waals surface area contributed by atoms with Gasteiger partial charge in [0.1, 0.15) is 0 Å². The summed E-state index contributed by atoms with van der Waals surface area (Å²) in [7, 11) is 0. The third kappa shape index (κ3) is 3.69. The van der Waals surface area contributed by atoms with Crippen molar-refractivity contribution in [3.8, 4) is 0 Å². The zero-order chi connectivity index (χ0) is 13.8. The minimum absolute atomic E-state index is 0.119. The fraction of sp³-hybridized carbons (Fsp3) is 0.933. The Labute approximate surface area is 116 Å². The number of nitrogens with one attached hydrogen (secondary N) is 1. The Morgan fingerprint density at radius 2 is 1.95 bits per heavy atom. The van der Waals surface area contributed by atoms with Crippen molar-refractivity contribution in [1.29, 1.82) is 0 Å². The molecule has 2 unspecified atom stereocenters. The molecule has 4 nitrogen and oxygen atoms in total. The van der Waals surface area contributed by atoms with Crippen molar-refractivity contribution < 1.29 is 9.53 Å². The molecule has 1 aliphatic carbocycles. The van der Waals surface area contributed by atoms with Crippen LogP contribution in [0.15, 0.2) is 0 Å². The molecule has 0 radical (unpaired) electrons. The van der Waals surface area contributed by atoms with Crippen LogP contribution in [-0.2, 0) is 9.53 Å². The highest BCUT2D eigenvalue weighted by Crippen LogP contribution is 2.35. The predicted molar refractivity (Wildman–Crippen MR) is 76.0 cm³/mol. The van der Waals surface area contributed by atoms with Gasteiger partial charge in [0.25, 0.3) is 0 Å². The molecule has 4 heteroatoms. The molecular weight excluding hydrogens is 240 g/mol. The number of rotatable bonds is 5. The van der Waals surface area contributed by atoms with E-state index in [1.165, 1.54) is 32.4 Å². The van der Waals surface area contributed by atoms with Crippen LogP contribution >= 0.6 is 0 Å². The highest BCUT2D eigenvalue weighted by Gasteiger charge is 2.39. The quantitative estimate of drug-likeness (QED) is 0.770. The molecule has 2 atom stereocenters. The molecule has 1 heterocycles. The second-order valence-corrected chi connectivity index (χ2v) is 6.21. The number of piperidine rings is 1. The van der Waals surface area contributed by atoms with Gasteiger partial charge in [-0.3, -0.25) is 4.79 Å². The zero-order valence-electron chi connectivity index (χ0n) is 12.5. The van der Waals surface area contributed by atoms with E-state index in [1.54, 1.807) is 0 Å². The molecule has 2 aliphatic rings. The van der Waals surface area contributed by atoms with Crippen molar-refractivity contribution in [2.45, 2.75) is 52.1 Å². The molecule has 1 saturated carbocycles. The van der Waals surface area contributed by atoms with Gasteiger partial charge in [-0.2, -0.15) is 0 Å². The normalized spacial score (nSPS) is 31.5. The van der Waals surface area contributed by atoms with Crippen molar-refractivity contribution in [3.05, 3.63) is 0 Å². The molecule has 0 aromatic rings. The molecule has 2 fully saturated rings. The summed E-state index contributed by atoms with van der Waals surface area (Å²) in [4.78, 5) is 14.1. The van der Waals surface area contributed by atoms with Crippen LogP contribution in [0.5, 0.6) is 0 Å². The maximum atomic E-state index is 11.5. The summed E-state index contributed by atoms with van der Waals surface area (Å²) in [5.41, 5.74) is 0. The second kappa shape index (κ2) is 6.71. The lowest BCUT2D eigenvalue weighted by molar-refractivity contribution is -0.142. The van der Waals surface area contributed by atoms with Gasteiger partial charge in [-0.15, -0.1) is 0 Å². The van der Waals surface area contributed by atoms with Gasteiger partial charge in [0.05, 0.1) is 13.2 Å². The number of carbonyl (C=O) groups excluding carboxylic acids is 1. The first-order chi connectivity index (χ1) is 9.11. The highest BCUT2D eigenvalue weighted by molar-refractivity contribution is 5.71. The van der Waals surface area contributed by atoms with Crippen molar-refractivity contribution >= 4 is 5.97 Å². The van der Waals surface area contributed by atoms with E-state index in [4.69, 9.17) is 4.74 Å². The van der Waals surface area contributed by atoms with E-state index >= 15 is 0 Å². The largest absolute Gasteiger partial charge is 0.465 e. The lowest BCUT2D eigenvalue weighted by Gasteiger charge is -2.49. The smallest absolute Gasteiger partial charge is 0.319 e. The number of hydrogen-bond acceptors (Lipinski definition) is 4. The lowest BCUT2D eigenvalue weighted by Crippen LogP contribution is -2.58. The first-order valence-corrected chi connectivity index (χ1v) is 7.74. The van der Waals surface area contributed by atoms with Crippen LogP contribution in [-0.4, -0.2) is 49.2 Å². The van der Waals surface area contributed by atoms with Crippen LogP contribution in [0.2, 0.25) is 0 Å². The summed E-state index contributed by atoms with van der Waals surface area (Å²) in [5.74, 6) is 1.28. The zero-order valence-corrected chi connectivity index (χ0v) is 12.5. The Morgan fingerprint density at radius 3 is 2.47 bits per heavy atom. The summed E-state index contributed by atoms with van der Waals surface area (Å²) in [6.45, 7) is 9.60. The van der Waals surface area contributed by atoms with E-state index in [0.717, 1.165) is 0 Å². The first kappa shape index (κ1) is 14.8. The predicted octanol–water partition coefficient (Wildman–Crippen LogP) is 1.65. The van der Waals surface area contributed by atoms with Crippen LogP contribution in [0.1, 0.15) is 40.0 Å². The van der Waals surface area contributed by atoms with E-state index in [1.807, 2.05) is 6.92 Å². The third-order valence-electron chi connectivity index (χ3n) is 4.62. The number of hydrogen-bond donors (Lipinski definition) is 1. The lowest BCUT2D eigenvalue weighted by atomic mass is 9.73. The number of nitrogens with zero attached hydrogens (tertiary/aromatic N) is 1. The van der Waals surface area contributed by atoms with Gasteiger partial charge >= 0.3 is 5.97 Å². The van der Waals surface area contributed by atoms with Gasteiger partial charge < -0.3 is 15.0 Å². The number of likely N-dealkylation sites (tertiary alicyclic amines) is 1. The molecule has 0 aromatic carbocycles. The Morgan fingerprint density at radius 1 is 1.32 bits per heavy atom. The van der Waals surface area contributed by atoms with Gasteiger partial charge in [-0.1, -0.05) is 6.42 Å². The monoisotopic (exact) mass is 268 g/mol. The van der Waals surface area contributed by atoms with Gasteiger partial charge in [0, 0.05) is 25.2 Å². The Kier molecular flexibility index (Phi) is 5.22. The summed E-state index contributed by atoms with van der Waals surface area (Å²) < 4.78 is 5.00. The van der Waals surface area contributed by atoms with Gasteiger partial charge in [0.15, 0.2) is 0 Å². The van der Waals surface area contributed by atoms with Crippen LogP contribution in [0.3, 0.4) is 0 Å². The van der Waals surface area contributed by atoms with Crippen LogP contribution in [0.25, 0.3) is 0 Å². The average Bonchev–Trinajstić information content (AvgIpc) is 2.35. The fourth-order valence-electron chi connectivity index (χ4n) is 3.64. The molecule has 0 amide bonds. The number of ether oxygens (including phenoxy) is 1.